The van der Waals surface area contributed by atoms with Crippen molar-refractivity contribution in [1.82, 2.24) is 4.98 Å². The number of hydrogen-bond acceptors (Lipinski definition) is 3. The lowest BCUT2D eigenvalue weighted by Crippen LogP contribution is -2.11. The Kier molecular flexibility index (Phi) is 4.60. The standard InChI is InChI=1S/C21H14Cl2N2O2/c1-12-5-7-14-17(24-12)3-2-4-18(14)25-21(26)20-10-9-19(27-20)15-11-13(22)6-8-16(15)23/h2-11H,1H3,(H,25,26). The van der Waals surface area contributed by atoms with Crippen molar-refractivity contribution in [2.24, 2.45) is 0 Å². The van der Waals surface area contributed by atoms with Crippen molar-refractivity contribution in [3.63, 3.8) is 0 Å². The Morgan fingerprint density at radius 2 is 1.89 bits per heavy atom. The molecule has 1 N–H and O–H groups in total. The number of aromatic nitrogens is 1. The van der Waals surface area contributed by atoms with Crippen LogP contribution in [0.4, 0.5) is 5.69 Å². The molecule has 4 aromatic rings. The number of hydrogen-bond donors (Lipinski definition) is 1. The Labute approximate surface area is 165 Å². The lowest BCUT2D eigenvalue weighted by molar-refractivity contribution is 0.0997. The molecule has 0 fully saturated rings. The van der Waals surface area contributed by atoms with Gasteiger partial charge in [-0.3, -0.25) is 9.78 Å². The number of furan rings is 1. The number of carbonyl (C=O) groups excluding carboxylic acids is 1. The monoisotopic (exact) mass is 396 g/mol. The number of amides is 1. The number of fused-ring (bicyclic) bond motifs is 1. The Morgan fingerprint density at radius 1 is 1.04 bits per heavy atom. The van der Waals surface area contributed by atoms with Crippen LogP contribution in [0.1, 0.15) is 16.2 Å². The van der Waals surface area contributed by atoms with E-state index in [1.54, 1.807) is 30.3 Å². The lowest BCUT2D eigenvalue weighted by Gasteiger charge is -2.08. The van der Waals surface area contributed by atoms with Gasteiger partial charge in [-0.15, -0.1) is 0 Å². The summed E-state index contributed by atoms with van der Waals surface area (Å²) in [5, 5.41) is 4.78. The first-order valence-corrected chi connectivity index (χ1v) is 9.00. The molecule has 0 aliphatic carbocycles. The van der Waals surface area contributed by atoms with E-state index < -0.39 is 0 Å². The Balaban J connectivity index is 1.63. The Morgan fingerprint density at radius 3 is 2.74 bits per heavy atom. The van der Waals surface area contributed by atoms with E-state index in [1.807, 2.05) is 37.3 Å². The Hall–Kier alpha value is -2.82. The minimum atomic E-state index is -0.354. The second-order valence-electron chi connectivity index (χ2n) is 6.07. The summed E-state index contributed by atoms with van der Waals surface area (Å²) in [5.41, 5.74) is 3.04. The third-order valence-corrected chi connectivity index (χ3v) is 4.71. The number of pyridine rings is 1. The average molecular weight is 397 g/mol. The van der Waals surface area contributed by atoms with E-state index in [2.05, 4.69) is 10.3 Å². The predicted molar refractivity (Wildman–Crippen MR) is 109 cm³/mol. The molecule has 0 saturated carbocycles. The first kappa shape index (κ1) is 17.6. The molecule has 0 unspecified atom stereocenters. The van der Waals surface area contributed by atoms with Crippen molar-refractivity contribution in [1.29, 1.82) is 0 Å². The van der Waals surface area contributed by atoms with Crippen molar-refractivity contribution in [2.45, 2.75) is 6.92 Å². The third kappa shape index (κ3) is 3.54. The van der Waals surface area contributed by atoms with Gasteiger partial charge in [0.05, 0.1) is 16.2 Å². The molecule has 1 amide bonds. The minimum Gasteiger partial charge on any atom is -0.451 e. The van der Waals surface area contributed by atoms with Crippen LogP contribution < -0.4 is 5.32 Å². The van der Waals surface area contributed by atoms with Gasteiger partial charge in [0.1, 0.15) is 5.76 Å². The van der Waals surface area contributed by atoms with Gasteiger partial charge in [0, 0.05) is 21.7 Å². The van der Waals surface area contributed by atoms with Crippen LogP contribution in [0.25, 0.3) is 22.2 Å². The maximum Gasteiger partial charge on any atom is 0.291 e. The van der Waals surface area contributed by atoms with Gasteiger partial charge in [0.15, 0.2) is 5.76 Å². The topological polar surface area (TPSA) is 55.1 Å². The summed E-state index contributed by atoms with van der Waals surface area (Å²) in [5.74, 6) is 0.299. The molecule has 4 nitrogen and oxygen atoms in total. The first-order valence-electron chi connectivity index (χ1n) is 8.24. The van der Waals surface area contributed by atoms with Crippen molar-refractivity contribution in [3.8, 4) is 11.3 Å². The molecule has 0 spiro atoms. The summed E-state index contributed by atoms with van der Waals surface area (Å²) in [6.07, 6.45) is 0. The molecule has 4 rings (SSSR count). The number of carbonyl (C=O) groups is 1. The number of halogens is 2. The third-order valence-electron chi connectivity index (χ3n) is 4.14. The molecule has 0 saturated heterocycles. The zero-order valence-corrected chi connectivity index (χ0v) is 15.8. The summed E-state index contributed by atoms with van der Waals surface area (Å²) in [6, 6.07) is 17.8. The van der Waals surface area contributed by atoms with Gasteiger partial charge in [-0.05, 0) is 61.5 Å². The number of nitrogens with one attached hydrogen (secondary N) is 1. The van der Waals surface area contributed by atoms with Gasteiger partial charge in [-0.2, -0.15) is 0 Å². The fourth-order valence-corrected chi connectivity index (χ4v) is 3.22. The van der Waals surface area contributed by atoms with Gasteiger partial charge in [-0.1, -0.05) is 29.3 Å². The van der Waals surface area contributed by atoms with Crippen LogP contribution in [0.5, 0.6) is 0 Å². The molecule has 27 heavy (non-hydrogen) atoms. The summed E-state index contributed by atoms with van der Waals surface area (Å²) in [6.45, 7) is 1.93. The van der Waals surface area contributed by atoms with Crippen molar-refractivity contribution < 1.29 is 9.21 Å². The van der Waals surface area contributed by atoms with Gasteiger partial charge in [-0.25, -0.2) is 0 Å². The molecule has 0 atom stereocenters. The van der Waals surface area contributed by atoms with Crippen LogP contribution in [0.3, 0.4) is 0 Å². The van der Waals surface area contributed by atoms with Crippen LogP contribution >= 0.6 is 23.2 Å². The zero-order chi connectivity index (χ0) is 19.0. The second kappa shape index (κ2) is 7.06. The van der Waals surface area contributed by atoms with Crippen LogP contribution in [-0.2, 0) is 0 Å². The molecule has 0 radical (unpaired) electrons. The molecule has 2 aromatic carbocycles. The quantitative estimate of drug-likeness (QED) is 0.438. The number of aryl methyl sites for hydroxylation is 1. The van der Waals surface area contributed by atoms with E-state index in [9.17, 15) is 4.79 Å². The summed E-state index contributed by atoms with van der Waals surface area (Å²) in [4.78, 5) is 17.1. The first-order chi connectivity index (χ1) is 13.0. The summed E-state index contributed by atoms with van der Waals surface area (Å²) < 4.78 is 5.70. The van der Waals surface area contributed by atoms with Crippen molar-refractivity contribution >= 4 is 45.7 Å². The largest absolute Gasteiger partial charge is 0.451 e. The maximum absolute atomic E-state index is 12.6. The highest BCUT2D eigenvalue weighted by molar-refractivity contribution is 6.35. The van der Waals surface area contributed by atoms with Crippen LogP contribution in [0, 0.1) is 6.92 Å². The second-order valence-corrected chi connectivity index (χ2v) is 6.91. The fourth-order valence-electron chi connectivity index (χ4n) is 2.84. The van der Waals surface area contributed by atoms with E-state index in [1.165, 1.54) is 0 Å². The van der Waals surface area contributed by atoms with Crippen LogP contribution in [0.2, 0.25) is 10.0 Å². The molecular formula is C21H14Cl2N2O2. The lowest BCUT2D eigenvalue weighted by atomic mass is 10.1. The Bertz CT molecular complexity index is 1170. The predicted octanol–water partition coefficient (Wildman–Crippen LogP) is 6.36. The summed E-state index contributed by atoms with van der Waals surface area (Å²) >= 11 is 12.2. The fraction of sp³-hybridized carbons (Fsp3) is 0.0476. The molecule has 6 heteroatoms. The maximum atomic E-state index is 12.6. The molecule has 134 valence electrons. The zero-order valence-electron chi connectivity index (χ0n) is 14.3. The smallest absolute Gasteiger partial charge is 0.291 e. The highest BCUT2D eigenvalue weighted by Crippen LogP contribution is 2.32. The number of anilines is 1. The minimum absolute atomic E-state index is 0.179. The summed E-state index contributed by atoms with van der Waals surface area (Å²) in [7, 11) is 0. The highest BCUT2D eigenvalue weighted by atomic mass is 35.5. The molecule has 0 aliphatic rings. The van der Waals surface area contributed by atoms with E-state index >= 15 is 0 Å². The normalized spacial score (nSPS) is 10.9. The van der Waals surface area contributed by atoms with Crippen molar-refractivity contribution in [2.75, 3.05) is 5.32 Å². The molecule has 2 aromatic heterocycles. The van der Waals surface area contributed by atoms with E-state index in [0.29, 0.717) is 27.1 Å². The molecule has 0 bridgehead atoms. The number of nitrogens with zero attached hydrogens (tertiary/aromatic N) is 1. The van der Waals surface area contributed by atoms with E-state index in [0.717, 1.165) is 16.6 Å². The number of rotatable bonds is 3. The SMILES string of the molecule is Cc1ccc2c(NC(=O)c3ccc(-c4cc(Cl)ccc4Cl)o3)cccc2n1. The molecule has 0 aliphatic heterocycles. The van der Waals surface area contributed by atoms with Gasteiger partial charge in [0.2, 0.25) is 0 Å². The average Bonchev–Trinajstić information content (AvgIpc) is 3.14. The molecule has 2 heterocycles. The van der Waals surface area contributed by atoms with Gasteiger partial charge < -0.3 is 9.73 Å². The van der Waals surface area contributed by atoms with E-state index in [4.69, 9.17) is 27.6 Å². The van der Waals surface area contributed by atoms with Crippen molar-refractivity contribution in [3.05, 3.63) is 82.2 Å². The van der Waals surface area contributed by atoms with Gasteiger partial charge >= 0.3 is 0 Å². The molecular weight excluding hydrogens is 383 g/mol. The van der Waals surface area contributed by atoms with E-state index in [-0.39, 0.29) is 11.7 Å². The van der Waals surface area contributed by atoms with Crippen LogP contribution in [-0.4, -0.2) is 10.9 Å². The number of benzene rings is 2. The van der Waals surface area contributed by atoms with Crippen LogP contribution in [0.15, 0.2) is 65.1 Å². The van der Waals surface area contributed by atoms with Gasteiger partial charge in [0.25, 0.3) is 5.91 Å². The highest BCUT2D eigenvalue weighted by Gasteiger charge is 2.15.